The van der Waals surface area contributed by atoms with E-state index in [1.807, 2.05) is 40.9 Å². The Morgan fingerprint density at radius 2 is 2.08 bits per heavy atom. The predicted molar refractivity (Wildman–Crippen MR) is 94.9 cm³/mol. The van der Waals surface area contributed by atoms with E-state index in [1.165, 1.54) is 11.8 Å². The van der Waals surface area contributed by atoms with Gasteiger partial charge in [0.2, 0.25) is 0 Å². The number of hydrogen-bond acceptors (Lipinski definition) is 4. The highest BCUT2D eigenvalue weighted by Crippen LogP contribution is 2.51. The molecule has 0 saturated carbocycles. The highest BCUT2D eigenvalue weighted by atomic mass is 32.2. The van der Waals surface area contributed by atoms with E-state index in [0.717, 1.165) is 17.5 Å². The summed E-state index contributed by atoms with van der Waals surface area (Å²) in [5, 5.41) is 9.28. The third-order valence-corrected chi connectivity index (χ3v) is 5.95. The van der Waals surface area contributed by atoms with Crippen LogP contribution in [0.1, 0.15) is 42.1 Å². The molecule has 1 unspecified atom stereocenters. The first kappa shape index (κ1) is 18.5. The summed E-state index contributed by atoms with van der Waals surface area (Å²) in [7, 11) is 3.96. The Hall–Kier alpha value is -1.79. The molecule has 1 aliphatic heterocycles. The fraction of sp³-hybridized carbons (Fsp3) is 0.444. The van der Waals surface area contributed by atoms with Crippen molar-refractivity contribution in [3.63, 3.8) is 0 Å². The molecule has 130 valence electrons. The topological polar surface area (TPSA) is 63.6 Å². The molecule has 0 saturated heterocycles. The first-order chi connectivity index (χ1) is 11.2. The zero-order valence-electron chi connectivity index (χ0n) is 14.7. The molecule has 1 heterocycles. The number of carbonyl (C=O) groups is 2. The molecule has 1 aromatic rings. The number of benzene rings is 1. The molecule has 2 rings (SSSR count). The van der Waals surface area contributed by atoms with Crippen molar-refractivity contribution in [1.29, 1.82) is 0 Å². The van der Waals surface area contributed by atoms with Crippen LogP contribution in [-0.4, -0.2) is 42.5 Å². The summed E-state index contributed by atoms with van der Waals surface area (Å²) in [5.41, 5.74) is 2.22. The van der Waals surface area contributed by atoms with Gasteiger partial charge in [0.1, 0.15) is 11.4 Å². The second kappa shape index (κ2) is 6.99. The average molecular weight is 350 g/mol. The molecule has 0 amide bonds. The third kappa shape index (κ3) is 3.49. The molecule has 1 N–H and O–H groups in total. The first-order valence-corrected chi connectivity index (χ1v) is 8.73. The number of aliphatic carboxylic acids is 1. The molecule has 24 heavy (non-hydrogen) atoms. The van der Waals surface area contributed by atoms with Crippen LogP contribution >= 0.6 is 11.8 Å². The number of thioether (sulfide) groups is 1. The maximum Gasteiger partial charge on any atom is 0.348 e. The van der Waals surface area contributed by atoms with Gasteiger partial charge in [0.05, 0.1) is 26.3 Å². The first-order valence-electron chi connectivity index (χ1n) is 7.85. The highest BCUT2D eigenvalue weighted by Gasteiger charge is 2.44. The molecule has 0 aromatic heterocycles. The van der Waals surface area contributed by atoms with E-state index in [4.69, 9.17) is 4.74 Å². The number of ether oxygens (including phenoxy) is 1. The van der Waals surface area contributed by atoms with Gasteiger partial charge >= 0.3 is 5.97 Å². The maximum atomic E-state index is 11.4. The summed E-state index contributed by atoms with van der Waals surface area (Å²) in [6.45, 7) is 6.49. The van der Waals surface area contributed by atoms with Crippen LogP contribution in [0.5, 0.6) is 5.75 Å². The summed E-state index contributed by atoms with van der Waals surface area (Å²) in [4.78, 5) is 23.3. The summed E-state index contributed by atoms with van der Waals surface area (Å²) in [5.74, 6) is 0.0349. The van der Waals surface area contributed by atoms with E-state index in [9.17, 15) is 14.7 Å². The van der Waals surface area contributed by atoms with E-state index >= 15 is 0 Å². The van der Waals surface area contributed by atoms with Crippen LogP contribution in [0.15, 0.2) is 28.8 Å². The Balaban J connectivity index is 2.34. The minimum absolute atomic E-state index is 0.103. The number of rotatable bonds is 6. The number of nitrogens with zero attached hydrogens (tertiary/aromatic N) is 1. The van der Waals surface area contributed by atoms with Gasteiger partial charge in [-0.2, -0.15) is 0 Å². The lowest BCUT2D eigenvalue weighted by atomic mass is 10.1. The van der Waals surface area contributed by atoms with Gasteiger partial charge in [0, 0.05) is 12.5 Å². The van der Waals surface area contributed by atoms with Gasteiger partial charge in [-0.1, -0.05) is 13.8 Å². The molecule has 5 nitrogen and oxygen atoms in total. The summed E-state index contributed by atoms with van der Waals surface area (Å²) >= 11 is 1.33. The van der Waals surface area contributed by atoms with E-state index in [2.05, 4.69) is 0 Å². The molecular weight excluding hydrogens is 326 g/mol. The molecule has 0 fully saturated rings. The van der Waals surface area contributed by atoms with E-state index in [1.54, 1.807) is 12.1 Å². The molecular formula is C18H24NO4S+. The van der Waals surface area contributed by atoms with Crippen LogP contribution in [0.3, 0.4) is 0 Å². The highest BCUT2D eigenvalue weighted by molar-refractivity contribution is 8.04. The SMILES string of the molecule is CC1=C(C(=O)O)SC(c2ccc(OCC(C)C)c(C=O)c2)[N+]1(C)C. The Kier molecular flexibility index (Phi) is 5.40. The van der Waals surface area contributed by atoms with E-state index in [-0.39, 0.29) is 5.37 Å². The van der Waals surface area contributed by atoms with Crippen LogP contribution < -0.4 is 4.74 Å². The van der Waals surface area contributed by atoms with Crippen molar-refractivity contribution in [2.75, 3.05) is 20.7 Å². The van der Waals surface area contributed by atoms with Crippen molar-refractivity contribution in [2.24, 2.45) is 5.92 Å². The molecule has 0 radical (unpaired) electrons. The summed E-state index contributed by atoms with van der Waals surface area (Å²) in [6, 6.07) is 5.52. The number of aldehydes is 1. The van der Waals surface area contributed by atoms with Crippen LogP contribution in [0.2, 0.25) is 0 Å². The summed E-state index contributed by atoms with van der Waals surface area (Å²) in [6.07, 6.45) is 0.789. The molecule has 1 aliphatic rings. The van der Waals surface area contributed by atoms with Gasteiger partial charge in [0.15, 0.2) is 16.6 Å². The Labute approximate surface area is 146 Å². The fourth-order valence-electron chi connectivity index (χ4n) is 2.61. The number of carboxylic acid groups (broad SMARTS) is 1. The Morgan fingerprint density at radius 3 is 2.58 bits per heavy atom. The number of hydrogen-bond donors (Lipinski definition) is 1. The molecule has 0 bridgehead atoms. The normalized spacial score (nSPS) is 19.7. The monoisotopic (exact) mass is 350 g/mol. The third-order valence-electron chi connectivity index (χ3n) is 4.22. The number of carbonyl (C=O) groups excluding carboxylic acids is 1. The quantitative estimate of drug-likeness (QED) is 0.626. The van der Waals surface area contributed by atoms with Crippen LogP contribution in [-0.2, 0) is 4.79 Å². The van der Waals surface area contributed by atoms with Crippen LogP contribution in [0, 0.1) is 5.92 Å². The fourth-order valence-corrected chi connectivity index (χ4v) is 4.05. The van der Waals surface area contributed by atoms with Crippen LogP contribution in [0.25, 0.3) is 0 Å². The van der Waals surface area contributed by atoms with Crippen molar-refractivity contribution >= 4 is 24.0 Å². The zero-order chi connectivity index (χ0) is 18.1. The average Bonchev–Trinajstić information content (AvgIpc) is 2.76. The lowest BCUT2D eigenvalue weighted by molar-refractivity contribution is -0.865. The van der Waals surface area contributed by atoms with Crippen molar-refractivity contribution in [2.45, 2.75) is 26.1 Å². The van der Waals surface area contributed by atoms with E-state index < -0.39 is 5.97 Å². The van der Waals surface area contributed by atoms with Gasteiger partial charge in [-0.25, -0.2) is 4.79 Å². The van der Waals surface area contributed by atoms with Crippen molar-refractivity contribution < 1.29 is 23.9 Å². The lowest BCUT2D eigenvalue weighted by Crippen LogP contribution is -2.37. The van der Waals surface area contributed by atoms with E-state index in [0.29, 0.717) is 33.2 Å². The molecule has 0 aliphatic carbocycles. The summed E-state index contributed by atoms with van der Waals surface area (Å²) < 4.78 is 6.13. The maximum absolute atomic E-state index is 11.4. The van der Waals surface area contributed by atoms with Crippen LogP contribution in [0.4, 0.5) is 0 Å². The number of carboxylic acids is 1. The Bertz CT molecular complexity index is 694. The van der Waals surface area contributed by atoms with Gasteiger partial charge in [-0.05, 0) is 35.9 Å². The van der Waals surface area contributed by atoms with Gasteiger partial charge in [-0.15, -0.1) is 0 Å². The molecule has 0 spiro atoms. The van der Waals surface area contributed by atoms with Gasteiger partial charge in [-0.3, -0.25) is 9.28 Å². The second-order valence-electron chi connectivity index (χ2n) is 6.85. The largest absolute Gasteiger partial charge is 0.493 e. The smallest absolute Gasteiger partial charge is 0.348 e. The van der Waals surface area contributed by atoms with Crippen molar-refractivity contribution in [1.82, 2.24) is 0 Å². The number of allylic oxidation sites excluding steroid dienone is 1. The van der Waals surface area contributed by atoms with Gasteiger partial charge < -0.3 is 9.84 Å². The Morgan fingerprint density at radius 1 is 1.42 bits per heavy atom. The molecule has 6 heteroatoms. The number of quaternary nitrogens is 1. The molecule has 1 aromatic carbocycles. The predicted octanol–water partition coefficient (Wildman–Crippen LogP) is 3.67. The van der Waals surface area contributed by atoms with Crippen molar-refractivity contribution in [3.8, 4) is 5.75 Å². The second-order valence-corrected chi connectivity index (χ2v) is 7.94. The minimum Gasteiger partial charge on any atom is -0.493 e. The molecule has 1 atom stereocenters. The minimum atomic E-state index is -0.904. The lowest BCUT2D eigenvalue weighted by Gasteiger charge is -2.32. The van der Waals surface area contributed by atoms with Gasteiger partial charge in [0.25, 0.3) is 0 Å². The van der Waals surface area contributed by atoms with Crippen molar-refractivity contribution in [3.05, 3.63) is 39.9 Å². The zero-order valence-corrected chi connectivity index (χ0v) is 15.5. The standard InChI is InChI=1S/C18H23NO4S/c1-11(2)10-23-15-7-6-13(8-14(15)9-20)17-19(4,5)12(3)16(24-17)18(21)22/h6-9,11,17H,10H2,1-5H3/p+1.